The van der Waals surface area contributed by atoms with Crippen molar-refractivity contribution in [2.24, 2.45) is 0 Å². The van der Waals surface area contributed by atoms with E-state index in [0.29, 0.717) is 6.54 Å². The summed E-state index contributed by atoms with van der Waals surface area (Å²) in [4.78, 5) is 34.6. The SMILES string of the molecule is CC(C)(C)OC(=O)NCCNC(=O)CNC(=O)NCc1ccccc1. The molecule has 1 aromatic rings. The maximum absolute atomic E-state index is 11.6. The zero-order valence-corrected chi connectivity index (χ0v) is 14.8. The van der Waals surface area contributed by atoms with Gasteiger partial charge < -0.3 is 26.0 Å². The van der Waals surface area contributed by atoms with E-state index in [4.69, 9.17) is 4.74 Å². The molecule has 0 bridgehead atoms. The van der Waals surface area contributed by atoms with E-state index < -0.39 is 17.7 Å². The van der Waals surface area contributed by atoms with Crippen LogP contribution in [0.5, 0.6) is 0 Å². The molecule has 0 aliphatic heterocycles. The van der Waals surface area contributed by atoms with Gasteiger partial charge in [-0.3, -0.25) is 4.79 Å². The second-order valence-corrected chi connectivity index (χ2v) is 6.30. The summed E-state index contributed by atoms with van der Waals surface area (Å²) >= 11 is 0. The molecule has 1 rings (SSSR count). The Morgan fingerprint density at radius 3 is 2.20 bits per heavy atom. The zero-order valence-electron chi connectivity index (χ0n) is 14.8. The van der Waals surface area contributed by atoms with E-state index >= 15 is 0 Å². The number of benzene rings is 1. The van der Waals surface area contributed by atoms with Crippen LogP contribution in [-0.2, 0) is 16.1 Å². The summed E-state index contributed by atoms with van der Waals surface area (Å²) in [6, 6.07) is 9.02. The van der Waals surface area contributed by atoms with Gasteiger partial charge in [0.05, 0.1) is 6.54 Å². The lowest BCUT2D eigenvalue weighted by molar-refractivity contribution is -0.120. The molecule has 0 fully saturated rings. The van der Waals surface area contributed by atoms with Gasteiger partial charge in [0, 0.05) is 19.6 Å². The van der Waals surface area contributed by atoms with Crippen molar-refractivity contribution >= 4 is 18.0 Å². The van der Waals surface area contributed by atoms with Gasteiger partial charge in [0.25, 0.3) is 0 Å². The third-order valence-electron chi connectivity index (χ3n) is 2.82. The first-order valence-electron chi connectivity index (χ1n) is 8.05. The van der Waals surface area contributed by atoms with Crippen LogP contribution in [0.3, 0.4) is 0 Å². The summed E-state index contributed by atoms with van der Waals surface area (Å²) < 4.78 is 5.06. The molecule has 0 aliphatic rings. The van der Waals surface area contributed by atoms with Crippen LogP contribution in [0.4, 0.5) is 9.59 Å². The number of carbonyl (C=O) groups excluding carboxylic acids is 3. The van der Waals surface area contributed by atoms with Crippen LogP contribution in [0.25, 0.3) is 0 Å². The summed E-state index contributed by atoms with van der Waals surface area (Å²) in [6.07, 6.45) is -0.542. The number of carbonyl (C=O) groups is 3. The van der Waals surface area contributed by atoms with E-state index in [9.17, 15) is 14.4 Å². The van der Waals surface area contributed by atoms with E-state index in [1.165, 1.54) is 0 Å². The number of rotatable bonds is 7. The normalized spacial score (nSPS) is 10.5. The Labute approximate surface area is 147 Å². The van der Waals surface area contributed by atoms with Crippen molar-refractivity contribution in [1.82, 2.24) is 21.3 Å². The van der Waals surface area contributed by atoms with Crippen molar-refractivity contribution in [2.45, 2.75) is 32.9 Å². The Kier molecular flexibility index (Phi) is 8.25. The van der Waals surface area contributed by atoms with Crippen LogP contribution < -0.4 is 21.3 Å². The molecule has 0 heterocycles. The molecule has 25 heavy (non-hydrogen) atoms. The molecule has 138 valence electrons. The number of hydrogen-bond acceptors (Lipinski definition) is 4. The minimum Gasteiger partial charge on any atom is -0.444 e. The Balaban J connectivity index is 2.08. The number of ether oxygens (including phenoxy) is 1. The highest BCUT2D eigenvalue weighted by Crippen LogP contribution is 2.05. The molecule has 0 unspecified atom stereocenters. The fourth-order valence-corrected chi connectivity index (χ4v) is 1.74. The van der Waals surface area contributed by atoms with Gasteiger partial charge in [-0.05, 0) is 26.3 Å². The quantitative estimate of drug-likeness (QED) is 0.553. The summed E-state index contributed by atoms with van der Waals surface area (Å²) in [5, 5.41) is 10.2. The minimum absolute atomic E-state index is 0.146. The van der Waals surface area contributed by atoms with Crippen molar-refractivity contribution in [3.05, 3.63) is 35.9 Å². The maximum Gasteiger partial charge on any atom is 0.407 e. The van der Waals surface area contributed by atoms with Gasteiger partial charge in [-0.25, -0.2) is 9.59 Å². The standard InChI is InChI=1S/C17H26N4O4/c1-17(2,3)25-16(24)19-10-9-18-14(22)12-21-15(23)20-11-13-7-5-4-6-8-13/h4-8H,9-12H2,1-3H3,(H,18,22)(H,19,24)(H2,20,21,23). The lowest BCUT2D eigenvalue weighted by atomic mass is 10.2. The summed E-state index contributed by atoms with van der Waals surface area (Å²) in [5.41, 5.74) is 0.403. The Morgan fingerprint density at radius 1 is 0.920 bits per heavy atom. The van der Waals surface area contributed by atoms with E-state index in [1.807, 2.05) is 30.3 Å². The van der Waals surface area contributed by atoms with Crippen molar-refractivity contribution in [3.8, 4) is 0 Å². The van der Waals surface area contributed by atoms with Gasteiger partial charge in [-0.2, -0.15) is 0 Å². The first-order chi connectivity index (χ1) is 11.8. The Morgan fingerprint density at radius 2 is 1.56 bits per heavy atom. The molecule has 0 aliphatic carbocycles. The lowest BCUT2D eigenvalue weighted by Crippen LogP contribution is -2.43. The van der Waals surface area contributed by atoms with Crippen molar-refractivity contribution in [2.75, 3.05) is 19.6 Å². The van der Waals surface area contributed by atoms with Crippen molar-refractivity contribution < 1.29 is 19.1 Å². The molecule has 4 amide bonds. The second kappa shape index (κ2) is 10.2. The molecule has 0 saturated heterocycles. The van der Waals surface area contributed by atoms with E-state index in [0.717, 1.165) is 5.56 Å². The molecule has 1 aromatic carbocycles. The molecule has 8 heteroatoms. The molecular formula is C17H26N4O4. The highest BCUT2D eigenvalue weighted by atomic mass is 16.6. The van der Waals surface area contributed by atoms with Gasteiger partial charge in [0.1, 0.15) is 5.60 Å². The number of hydrogen-bond donors (Lipinski definition) is 4. The maximum atomic E-state index is 11.6. The predicted molar refractivity (Wildman–Crippen MR) is 93.9 cm³/mol. The summed E-state index contributed by atoms with van der Waals surface area (Å²) in [7, 11) is 0. The molecule has 8 nitrogen and oxygen atoms in total. The van der Waals surface area contributed by atoms with Crippen molar-refractivity contribution in [1.29, 1.82) is 0 Å². The van der Waals surface area contributed by atoms with E-state index in [1.54, 1.807) is 20.8 Å². The molecule has 0 atom stereocenters. The molecule has 0 aromatic heterocycles. The Hall–Kier alpha value is -2.77. The Bertz CT molecular complexity index is 570. The first-order valence-corrected chi connectivity index (χ1v) is 8.05. The van der Waals surface area contributed by atoms with E-state index in [2.05, 4.69) is 21.3 Å². The van der Waals surface area contributed by atoms with Gasteiger partial charge >= 0.3 is 12.1 Å². The number of amides is 4. The molecule has 4 N–H and O–H groups in total. The average molecular weight is 350 g/mol. The third kappa shape index (κ3) is 10.6. The van der Waals surface area contributed by atoms with Gasteiger partial charge in [0.2, 0.25) is 5.91 Å². The van der Waals surface area contributed by atoms with Crippen LogP contribution in [0, 0.1) is 0 Å². The van der Waals surface area contributed by atoms with Crippen LogP contribution >= 0.6 is 0 Å². The number of nitrogens with one attached hydrogen (secondary N) is 4. The second-order valence-electron chi connectivity index (χ2n) is 6.30. The largest absolute Gasteiger partial charge is 0.444 e. The van der Waals surface area contributed by atoms with Crippen LogP contribution in [0.2, 0.25) is 0 Å². The van der Waals surface area contributed by atoms with E-state index in [-0.39, 0.29) is 25.5 Å². The van der Waals surface area contributed by atoms with Gasteiger partial charge in [-0.1, -0.05) is 30.3 Å². The van der Waals surface area contributed by atoms with Gasteiger partial charge in [-0.15, -0.1) is 0 Å². The zero-order chi connectivity index (χ0) is 18.7. The lowest BCUT2D eigenvalue weighted by Gasteiger charge is -2.19. The van der Waals surface area contributed by atoms with Crippen molar-refractivity contribution in [3.63, 3.8) is 0 Å². The number of alkyl carbamates (subject to hydrolysis) is 1. The smallest absolute Gasteiger partial charge is 0.407 e. The molecule has 0 spiro atoms. The summed E-state index contributed by atoms with van der Waals surface area (Å²) in [5.74, 6) is -0.346. The highest BCUT2D eigenvalue weighted by molar-refractivity contribution is 5.83. The first kappa shape index (κ1) is 20.3. The molecular weight excluding hydrogens is 324 g/mol. The number of urea groups is 1. The van der Waals surface area contributed by atoms with Crippen LogP contribution in [0.15, 0.2) is 30.3 Å². The highest BCUT2D eigenvalue weighted by Gasteiger charge is 2.15. The topological polar surface area (TPSA) is 109 Å². The summed E-state index contributed by atoms with van der Waals surface area (Å²) in [6.45, 7) is 6.02. The fraction of sp³-hybridized carbons (Fsp3) is 0.471. The third-order valence-corrected chi connectivity index (χ3v) is 2.82. The molecule has 0 radical (unpaired) electrons. The monoisotopic (exact) mass is 350 g/mol. The minimum atomic E-state index is -0.565. The predicted octanol–water partition coefficient (Wildman–Crippen LogP) is 1.13. The van der Waals surface area contributed by atoms with Crippen LogP contribution in [-0.4, -0.2) is 43.3 Å². The average Bonchev–Trinajstić information content (AvgIpc) is 2.54. The fourth-order valence-electron chi connectivity index (χ4n) is 1.74. The van der Waals surface area contributed by atoms with Crippen LogP contribution in [0.1, 0.15) is 26.3 Å². The van der Waals surface area contributed by atoms with Gasteiger partial charge in [0.15, 0.2) is 0 Å². The molecule has 0 saturated carbocycles.